The number of hydrogen-bond acceptors (Lipinski definition) is 14. The van der Waals surface area contributed by atoms with Gasteiger partial charge in [0.05, 0.1) is 7.11 Å². The Kier molecular flexibility index (Phi) is 9.11. The average Bonchev–Trinajstić information content (AvgIpc) is 2.69. The van der Waals surface area contributed by atoms with Crippen molar-refractivity contribution in [3.63, 3.8) is 0 Å². The van der Waals surface area contributed by atoms with E-state index in [0.29, 0.717) is 0 Å². The first-order chi connectivity index (χ1) is 15.5. The van der Waals surface area contributed by atoms with Crippen LogP contribution in [0.2, 0.25) is 5.28 Å². The fourth-order valence-corrected chi connectivity index (χ4v) is 2.99. The molecule has 0 unspecified atom stereocenters. The third-order valence-electron chi connectivity index (χ3n) is 3.92. The Morgan fingerprint density at radius 3 is 1.91 bits per heavy atom. The summed E-state index contributed by atoms with van der Waals surface area (Å²) >= 11 is 5.83. The molecule has 0 radical (unpaired) electrons. The highest BCUT2D eigenvalue weighted by atomic mass is 35.5. The number of methoxy groups -OCH3 is 1. The highest BCUT2D eigenvalue weighted by Crippen LogP contribution is 2.30. The van der Waals surface area contributed by atoms with Gasteiger partial charge in [0.25, 0.3) is 0 Å². The summed E-state index contributed by atoms with van der Waals surface area (Å²) in [6.07, 6.45) is -6.90. The van der Waals surface area contributed by atoms with Gasteiger partial charge >= 0.3 is 35.9 Å². The number of carbonyl (C=O) groups is 4. The van der Waals surface area contributed by atoms with Crippen LogP contribution >= 0.6 is 11.6 Å². The van der Waals surface area contributed by atoms with E-state index < -0.39 is 61.2 Å². The van der Waals surface area contributed by atoms with Crippen LogP contribution in [0.5, 0.6) is 12.0 Å². The lowest BCUT2D eigenvalue weighted by Gasteiger charge is -2.43. The van der Waals surface area contributed by atoms with Crippen LogP contribution in [0, 0.1) is 0 Å². The van der Waals surface area contributed by atoms with E-state index in [4.69, 9.17) is 44.8 Å². The fraction of sp³-hybridized carbons (Fsp3) is 0.611. The molecule has 5 atom stereocenters. The molecular weight excluding hydrogens is 470 g/mol. The average molecular weight is 492 g/mol. The van der Waals surface area contributed by atoms with E-state index in [1.165, 1.54) is 7.11 Å². The molecule has 0 aromatic carbocycles. The Hall–Kier alpha value is -3.26. The summed E-state index contributed by atoms with van der Waals surface area (Å²) in [5.41, 5.74) is 0. The molecule has 1 aromatic rings. The lowest BCUT2D eigenvalue weighted by atomic mass is 9.98. The minimum Gasteiger partial charge on any atom is -0.467 e. The number of nitrogens with zero attached hydrogens (tertiary/aromatic N) is 3. The lowest BCUT2D eigenvalue weighted by Crippen LogP contribution is -2.63. The van der Waals surface area contributed by atoms with Crippen molar-refractivity contribution in [1.29, 1.82) is 0 Å². The lowest BCUT2D eigenvalue weighted by molar-refractivity contribution is -0.289. The summed E-state index contributed by atoms with van der Waals surface area (Å²) in [6.45, 7) is 4.03. The zero-order chi connectivity index (χ0) is 24.7. The van der Waals surface area contributed by atoms with E-state index in [2.05, 4.69) is 15.0 Å². The quantitative estimate of drug-likeness (QED) is 0.351. The van der Waals surface area contributed by atoms with Gasteiger partial charge in [-0.15, -0.1) is 4.98 Å². The molecule has 0 saturated carbocycles. The van der Waals surface area contributed by atoms with Gasteiger partial charge in [-0.1, -0.05) is 0 Å². The summed E-state index contributed by atoms with van der Waals surface area (Å²) in [6, 6.07) is -0.566. The number of ether oxygens (including phenoxy) is 7. The molecule has 1 fully saturated rings. The van der Waals surface area contributed by atoms with Crippen molar-refractivity contribution in [2.75, 3.05) is 13.7 Å². The highest BCUT2D eigenvalue weighted by molar-refractivity contribution is 6.28. The van der Waals surface area contributed by atoms with Gasteiger partial charge in [-0.3, -0.25) is 19.2 Å². The standard InChI is InChI=1S/C18H22ClN3O11/c1-7(23)28-6-11-12(29-8(2)24)13(30-9(3)25)14(31-10(4)26)15(32-11)33-18-21-16(19)20-17(22-18)27-5/h11-15H,6H2,1-5H3/t11-,12-,13+,14-,15+/m1/s1. The predicted octanol–water partition coefficient (Wildman–Crippen LogP) is -0.00450. The Bertz CT molecular complexity index is 899. The molecule has 0 N–H and O–H groups in total. The van der Waals surface area contributed by atoms with Crippen molar-refractivity contribution in [2.45, 2.75) is 58.4 Å². The summed E-state index contributed by atoms with van der Waals surface area (Å²) < 4.78 is 37.0. The highest BCUT2D eigenvalue weighted by Gasteiger charge is 2.53. The Morgan fingerprint density at radius 2 is 1.36 bits per heavy atom. The topological polar surface area (TPSA) is 172 Å². The molecule has 2 heterocycles. The molecule has 0 amide bonds. The van der Waals surface area contributed by atoms with E-state index in [1.807, 2.05) is 0 Å². The number of hydrogen-bond donors (Lipinski definition) is 0. The van der Waals surface area contributed by atoms with E-state index in [9.17, 15) is 19.2 Å². The first-order valence-corrected chi connectivity index (χ1v) is 9.80. The Morgan fingerprint density at radius 1 is 0.818 bits per heavy atom. The van der Waals surface area contributed by atoms with Crippen molar-refractivity contribution in [3.05, 3.63) is 5.28 Å². The van der Waals surface area contributed by atoms with Crippen molar-refractivity contribution >= 4 is 35.5 Å². The minimum atomic E-state index is -1.52. The van der Waals surface area contributed by atoms with E-state index in [-0.39, 0.29) is 17.3 Å². The third-order valence-corrected chi connectivity index (χ3v) is 4.09. The van der Waals surface area contributed by atoms with Gasteiger partial charge in [-0.05, 0) is 11.6 Å². The maximum absolute atomic E-state index is 11.8. The summed E-state index contributed by atoms with van der Waals surface area (Å²) in [5.74, 6) is -2.99. The summed E-state index contributed by atoms with van der Waals surface area (Å²) in [5, 5.41) is -0.275. The van der Waals surface area contributed by atoms with Crippen LogP contribution in [0.1, 0.15) is 27.7 Å². The second kappa shape index (κ2) is 11.6. The first-order valence-electron chi connectivity index (χ1n) is 9.42. The monoisotopic (exact) mass is 491 g/mol. The van der Waals surface area contributed by atoms with Crippen LogP contribution < -0.4 is 9.47 Å². The molecule has 1 aliphatic rings. The normalized spacial score (nSPS) is 24.2. The van der Waals surface area contributed by atoms with Crippen LogP contribution in [0.15, 0.2) is 0 Å². The van der Waals surface area contributed by atoms with Crippen molar-refractivity contribution in [2.24, 2.45) is 0 Å². The molecule has 0 bridgehead atoms. The maximum Gasteiger partial charge on any atom is 0.326 e. The largest absolute Gasteiger partial charge is 0.467 e. The second-order valence-corrected chi connectivity index (χ2v) is 6.90. The SMILES string of the molecule is COc1nc(Cl)nc(O[C@@H]2O[C@H](COC(C)=O)[C@@H](OC(C)=O)[C@H](OC(C)=O)[C@H]2OC(C)=O)n1. The Balaban J connectivity index is 2.48. The molecule has 0 aliphatic carbocycles. The number of carbonyl (C=O) groups excluding carboxylic acids is 4. The van der Waals surface area contributed by atoms with Gasteiger partial charge in [0.2, 0.25) is 17.7 Å². The minimum absolute atomic E-state index is 0.185. The van der Waals surface area contributed by atoms with E-state index in [1.54, 1.807) is 0 Å². The number of esters is 4. The smallest absolute Gasteiger partial charge is 0.326 e. The molecule has 182 valence electrons. The Labute approximate surface area is 192 Å². The van der Waals surface area contributed by atoms with Crippen LogP contribution in [0.3, 0.4) is 0 Å². The molecule has 1 saturated heterocycles. The van der Waals surface area contributed by atoms with Crippen LogP contribution in [0.25, 0.3) is 0 Å². The van der Waals surface area contributed by atoms with Gasteiger partial charge in [-0.2, -0.15) is 9.97 Å². The van der Waals surface area contributed by atoms with Gasteiger partial charge in [0.1, 0.15) is 12.7 Å². The molecular formula is C18H22ClN3O11. The third kappa shape index (κ3) is 7.68. The molecule has 15 heteroatoms. The molecule has 2 rings (SSSR count). The first kappa shape index (κ1) is 26.0. The number of rotatable bonds is 8. The van der Waals surface area contributed by atoms with Gasteiger partial charge in [0, 0.05) is 27.7 Å². The van der Waals surface area contributed by atoms with Gasteiger partial charge < -0.3 is 33.2 Å². The number of aromatic nitrogens is 3. The fourth-order valence-electron chi connectivity index (χ4n) is 2.85. The van der Waals surface area contributed by atoms with E-state index >= 15 is 0 Å². The van der Waals surface area contributed by atoms with Crippen LogP contribution in [0.4, 0.5) is 0 Å². The van der Waals surface area contributed by atoms with Crippen LogP contribution in [-0.4, -0.2) is 83.3 Å². The zero-order valence-corrected chi connectivity index (χ0v) is 19.1. The molecule has 14 nitrogen and oxygen atoms in total. The molecule has 33 heavy (non-hydrogen) atoms. The van der Waals surface area contributed by atoms with Gasteiger partial charge in [-0.25, -0.2) is 0 Å². The van der Waals surface area contributed by atoms with Crippen molar-refractivity contribution in [3.8, 4) is 12.0 Å². The molecule has 1 aromatic heterocycles. The van der Waals surface area contributed by atoms with Gasteiger partial charge in [0.15, 0.2) is 12.2 Å². The maximum atomic E-state index is 11.8. The molecule has 1 aliphatic heterocycles. The summed E-state index contributed by atoms with van der Waals surface area (Å²) in [7, 11) is 1.28. The molecule has 0 spiro atoms. The van der Waals surface area contributed by atoms with E-state index in [0.717, 1.165) is 27.7 Å². The van der Waals surface area contributed by atoms with Crippen molar-refractivity contribution in [1.82, 2.24) is 15.0 Å². The van der Waals surface area contributed by atoms with Crippen LogP contribution in [-0.2, 0) is 42.9 Å². The van der Waals surface area contributed by atoms with Crippen molar-refractivity contribution < 1.29 is 52.3 Å². The predicted molar refractivity (Wildman–Crippen MR) is 104 cm³/mol. The zero-order valence-electron chi connectivity index (χ0n) is 18.3. The summed E-state index contributed by atoms with van der Waals surface area (Å²) in [4.78, 5) is 58.0. The number of halogens is 1. The second-order valence-electron chi connectivity index (χ2n) is 6.56.